The van der Waals surface area contributed by atoms with Gasteiger partial charge < -0.3 is 10.1 Å². The molecular weight excluding hydrogens is 432 g/mol. The van der Waals surface area contributed by atoms with Gasteiger partial charge in [-0.05, 0) is 70.9 Å². The summed E-state index contributed by atoms with van der Waals surface area (Å²) in [5, 5.41) is 7.55. The number of rotatable bonds is 5. The number of aromatic nitrogens is 2. The lowest BCUT2D eigenvalue weighted by molar-refractivity contribution is -0.127. The average Bonchev–Trinajstić information content (AvgIpc) is 3.21. The van der Waals surface area contributed by atoms with Crippen molar-refractivity contribution >= 4 is 23.5 Å². The minimum atomic E-state index is -1.22. The third kappa shape index (κ3) is 4.33. The molecule has 0 bridgehead atoms. The fraction of sp³-hybridized carbons (Fsp3) is 0.538. The second kappa shape index (κ2) is 9.24. The van der Waals surface area contributed by atoms with Crippen molar-refractivity contribution in [3.63, 3.8) is 0 Å². The molecular formula is C26H34N4O4. The molecule has 34 heavy (non-hydrogen) atoms. The molecule has 182 valence electrons. The van der Waals surface area contributed by atoms with Gasteiger partial charge in [-0.1, -0.05) is 24.6 Å². The van der Waals surface area contributed by atoms with E-state index < -0.39 is 11.5 Å². The molecule has 0 radical (unpaired) electrons. The first-order valence-corrected chi connectivity index (χ1v) is 12.1. The lowest BCUT2D eigenvalue weighted by Gasteiger charge is -2.44. The maximum atomic E-state index is 13.8. The fourth-order valence-corrected chi connectivity index (χ4v) is 5.07. The zero-order valence-corrected chi connectivity index (χ0v) is 20.7. The van der Waals surface area contributed by atoms with E-state index in [0.29, 0.717) is 11.6 Å². The first-order chi connectivity index (χ1) is 16.1. The highest BCUT2D eigenvalue weighted by molar-refractivity contribution is 6.12. The van der Waals surface area contributed by atoms with E-state index in [1.165, 1.54) is 10.7 Å². The Labute approximate surface area is 200 Å². The van der Waals surface area contributed by atoms with Crippen molar-refractivity contribution in [1.82, 2.24) is 15.1 Å². The molecule has 0 spiro atoms. The molecule has 8 heteroatoms. The van der Waals surface area contributed by atoms with E-state index in [4.69, 9.17) is 4.74 Å². The van der Waals surface area contributed by atoms with Gasteiger partial charge in [0.25, 0.3) is 5.91 Å². The molecule has 8 nitrogen and oxygen atoms in total. The summed E-state index contributed by atoms with van der Waals surface area (Å²) in [5.74, 6) is -0.493. The second-order valence-corrected chi connectivity index (χ2v) is 9.93. The van der Waals surface area contributed by atoms with Gasteiger partial charge in [-0.15, -0.1) is 0 Å². The molecule has 0 unspecified atom stereocenters. The molecule has 2 aliphatic rings. The number of ether oxygens (including phenoxy) is 1. The monoisotopic (exact) mass is 466 g/mol. The standard InChI is InChI=1S/C26H34N4O4/c1-6-34-24(32)20-14-22-23(31)30(21-12-9-17(3)13-18(21)4)26(5,15-29(22)28-20)25(33)27-19-10-7-16(2)8-11-19/h9,12-14,16,19H,6-8,10-11,15H2,1-5H3,(H,27,33)/t16?,19?,26-/m1/s1. The highest BCUT2D eigenvalue weighted by Gasteiger charge is 2.50. The van der Waals surface area contributed by atoms with Gasteiger partial charge >= 0.3 is 5.97 Å². The topological polar surface area (TPSA) is 93.5 Å². The minimum Gasteiger partial charge on any atom is -0.461 e. The molecule has 0 saturated heterocycles. The van der Waals surface area contributed by atoms with Crippen LogP contribution in [0.5, 0.6) is 0 Å². The first kappa shape index (κ1) is 24.0. The van der Waals surface area contributed by atoms with E-state index >= 15 is 0 Å². The van der Waals surface area contributed by atoms with Crippen LogP contribution in [-0.2, 0) is 16.1 Å². The van der Waals surface area contributed by atoms with E-state index in [0.717, 1.165) is 36.8 Å². The fourth-order valence-electron chi connectivity index (χ4n) is 5.07. The van der Waals surface area contributed by atoms with Gasteiger partial charge in [-0.3, -0.25) is 19.2 Å². The molecule has 1 atom stereocenters. The van der Waals surface area contributed by atoms with Crippen molar-refractivity contribution in [2.45, 2.75) is 78.4 Å². The Balaban J connectivity index is 1.74. The zero-order chi connectivity index (χ0) is 24.6. The Morgan fingerprint density at radius 1 is 1.18 bits per heavy atom. The number of aryl methyl sites for hydroxylation is 2. The quantitative estimate of drug-likeness (QED) is 0.677. The summed E-state index contributed by atoms with van der Waals surface area (Å²) in [6, 6.07) is 7.36. The Morgan fingerprint density at radius 2 is 1.88 bits per heavy atom. The summed E-state index contributed by atoms with van der Waals surface area (Å²) in [4.78, 5) is 41.5. The molecule has 1 N–H and O–H groups in total. The van der Waals surface area contributed by atoms with E-state index in [1.54, 1.807) is 18.7 Å². The maximum absolute atomic E-state index is 13.8. The number of carbonyl (C=O) groups excluding carboxylic acids is 3. The van der Waals surface area contributed by atoms with Crippen LogP contribution in [-0.4, -0.2) is 45.8 Å². The van der Waals surface area contributed by atoms with Crippen molar-refractivity contribution in [2.75, 3.05) is 11.5 Å². The molecule has 2 heterocycles. The summed E-state index contributed by atoms with van der Waals surface area (Å²) in [6.45, 7) is 10.0. The number of nitrogens with zero attached hydrogens (tertiary/aromatic N) is 3. The van der Waals surface area contributed by atoms with Crippen molar-refractivity contribution < 1.29 is 19.1 Å². The van der Waals surface area contributed by atoms with Crippen molar-refractivity contribution in [2.24, 2.45) is 5.92 Å². The van der Waals surface area contributed by atoms with Gasteiger partial charge in [0.2, 0.25) is 5.91 Å². The number of esters is 1. The number of hydrogen-bond acceptors (Lipinski definition) is 5. The Kier molecular flexibility index (Phi) is 6.51. The van der Waals surface area contributed by atoms with E-state index in [2.05, 4.69) is 17.3 Å². The van der Waals surface area contributed by atoms with Crippen LogP contribution in [0.4, 0.5) is 5.69 Å². The van der Waals surface area contributed by atoms with Crippen molar-refractivity contribution in [3.05, 3.63) is 46.8 Å². The van der Waals surface area contributed by atoms with E-state index in [-0.39, 0.29) is 42.4 Å². The van der Waals surface area contributed by atoms with Gasteiger partial charge in [-0.2, -0.15) is 5.10 Å². The maximum Gasteiger partial charge on any atom is 0.358 e. The van der Waals surface area contributed by atoms with Crippen LogP contribution in [0.3, 0.4) is 0 Å². The Hall–Kier alpha value is -3.16. The number of fused-ring (bicyclic) bond motifs is 1. The number of nitrogens with one attached hydrogen (secondary N) is 1. The SMILES string of the molecule is CCOC(=O)c1cc2n(n1)C[C@](C)(C(=O)NC1CCC(C)CC1)N(c1ccc(C)cc1C)C2=O. The van der Waals surface area contributed by atoms with Crippen LogP contribution in [0.25, 0.3) is 0 Å². The molecule has 1 aliphatic heterocycles. The summed E-state index contributed by atoms with van der Waals surface area (Å²) < 4.78 is 6.54. The highest BCUT2D eigenvalue weighted by Crippen LogP contribution is 2.35. The number of hydrogen-bond donors (Lipinski definition) is 1. The normalized spacial score (nSPS) is 24.5. The van der Waals surface area contributed by atoms with Crippen LogP contribution >= 0.6 is 0 Å². The van der Waals surface area contributed by atoms with Crippen LogP contribution in [0.1, 0.15) is 78.6 Å². The van der Waals surface area contributed by atoms with Crippen LogP contribution in [0.15, 0.2) is 24.3 Å². The molecule has 1 aliphatic carbocycles. The molecule has 2 amide bonds. The minimum absolute atomic E-state index is 0.0664. The predicted molar refractivity (Wildman–Crippen MR) is 129 cm³/mol. The van der Waals surface area contributed by atoms with Gasteiger partial charge in [0.1, 0.15) is 11.2 Å². The van der Waals surface area contributed by atoms with Crippen molar-refractivity contribution in [3.8, 4) is 0 Å². The number of carbonyl (C=O) groups is 3. The van der Waals surface area contributed by atoms with Gasteiger partial charge in [0.05, 0.1) is 13.2 Å². The Bertz CT molecular complexity index is 1120. The van der Waals surface area contributed by atoms with E-state index in [9.17, 15) is 14.4 Å². The largest absolute Gasteiger partial charge is 0.461 e. The van der Waals surface area contributed by atoms with Crippen molar-refractivity contribution in [1.29, 1.82) is 0 Å². The smallest absolute Gasteiger partial charge is 0.358 e. The third-order valence-corrected chi connectivity index (χ3v) is 7.07. The number of benzene rings is 1. The summed E-state index contributed by atoms with van der Waals surface area (Å²) in [5.41, 5.74) is 1.76. The van der Waals surface area contributed by atoms with Gasteiger partial charge in [0, 0.05) is 17.8 Å². The van der Waals surface area contributed by atoms with E-state index in [1.807, 2.05) is 32.0 Å². The highest BCUT2D eigenvalue weighted by atomic mass is 16.5. The lowest BCUT2D eigenvalue weighted by Crippen LogP contribution is -2.65. The summed E-state index contributed by atoms with van der Waals surface area (Å²) >= 11 is 0. The average molecular weight is 467 g/mol. The van der Waals surface area contributed by atoms with Gasteiger partial charge in [-0.25, -0.2) is 4.79 Å². The molecule has 2 aromatic rings. The summed E-state index contributed by atoms with van der Waals surface area (Å²) in [6.07, 6.45) is 4.02. The third-order valence-electron chi connectivity index (χ3n) is 7.07. The lowest BCUT2D eigenvalue weighted by atomic mass is 9.86. The number of anilines is 1. The molecule has 1 fully saturated rings. The first-order valence-electron chi connectivity index (χ1n) is 12.1. The molecule has 1 aromatic heterocycles. The van der Waals surface area contributed by atoms with Crippen LogP contribution < -0.4 is 10.2 Å². The summed E-state index contributed by atoms with van der Waals surface area (Å²) in [7, 11) is 0. The second-order valence-electron chi connectivity index (χ2n) is 9.93. The molecule has 1 saturated carbocycles. The number of amides is 2. The Morgan fingerprint density at radius 3 is 2.53 bits per heavy atom. The molecule has 1 aromatic carbocycles. The van der Waals surface area contributed by atoms with Crippen LogP contribution in [0.2, 0.25) is 0 Å². The van der Waals surface area contributed by atoms with Crippen LogP contribution in [0, 0.1) is 19.8 Å². The van der Waals surface area contributed by atoms with Gasteiger partial charge in [0.15, 0.2) is 5.69 Å². The molecule has 4 rings (SSSR count). The zero-order valence-electron chi connectivity index (χ0n) is 20.7. The predicted octanol–water partition coefficient (Wildman–Crippen LogP) is 3.79.